The van der Waals surface area contributed by atoms with E-state index in [4.69, 9.17) is 0 Å². The molecule has 0 N–H and O–H groups in total. The molecule has 1 aliphatic rings. The molecule has 0 bridgehead atoms. The summed E-state index contributed by atoms with van der Waals surface area (Å²) in [7, 11) is 0. The fraction of sp³-hybridized carbons (Fsp3) is 0.250. The summed E-state index contributed by atoms with van der Waals surface area (Å²) < 4.78 is 0. The van der Waals surface area contributed by atoms with E-state index in [0.717, 1.165) is 5.56 Å². The number of amides is 1. The van der Waals surface area contributed by atoms with Gasteiger partial charge in [-0.3, -0.25) is 4.79 Å². The second-order valence-corrected chi connectivity index (χ2v) is 6.93. The molecule has 1 unspecified atom stereocenters. The highest BCUT2D eigenvalue weighted by Crippen LogP contribution is 2.38. The van der Waals surface area contributed by atoms with Gasteiger partial charge in [0.05, 0.1) is 5.75 Å². The zero-order chi connectivity index (χ0) is 16.2. The van der Waals surface area contributed by atoms with Crippen LogP contribution in [0, 0.1) is 13.8 Å². The van der Waals surface area contributed by atoms with Crippen LogP contribution < -0.4 is 0 Å². The van der Waals surface area contributed by atoms with Crippen LogP contribution in [0.3, 0.4) is 0 Å². The third-order valence-electron chi connectivity index (χ3n) is 4.20. The van der Waals surface area contributed by atoms with Crippen LogP contribution in [0.25, 0.3) is 6.08 Å². The summed E-state index contributed by atoms with van der Waals surface area (Å²) in [6, 6.07) is 16.7. The van der Waals surface area contributed by atoms with Crippen molar-refractivity contribution < 1.29 is 4.79 Å². The summed E-state index contributed by atoms with van der Waals surface area (Å²) in [5, 5.41) is 0.127. The van der Waals surface area contributed by atoms with Gasteiger partial charge in [0.25, 0.3) is 0 Å². The summed E-state index contributed by atoms with van der Waals surface area (Å²) in [5.41, 5.74) is 4.95. The number of hydrogen-bond donors (Lipinski definition) is 0. The highest BCUT2D eigenvalue weighted by Gasteiger charge is 2.31. The predicted octanol–water partition coefficient (Wildman–Crippen LogP) is 4.59. The molecule has 1 saturated heterocycles. The molecule has 0 aromatic heterocycles. The first-order chi connectivity index (χ1) is 11.1. The second kappa shape index (κ2) is 7.05. The molecule has 0 radical (unpaired) electrons. The van der Waals surface area contributed by atoms with Crippen molar-refractivity contribution in [2.75, 3.05) is 12.3 Å². The van der Waals surface area contributed by atoms with Gasteiger partial charge in [-0.1, -0.05) is 60.7 Å². The van der Waals surface area contributed by atoms with Gasteiger partial charge in [-0.05, 0) is 36.1 Å². The van der Waals surface area contributed by atoms with Crippen LogP contribution in [-0.4, -0.2) is 23.1 Å². The van der Waals surface area contributed by atoms with Crippen LogP contribution in [0.5, 0.6) is 0 Å². The standard InChI is InChI=1S/C20H21NOS/c1-15-10-11-18(13-16(15)2)20-21(19(22)14-23-20)12-6-9-17-7-4-3-5-8-17/h3-11,13,20H,12,14H2,1-2H3/b9-6+. The maximum atomic E-state index is 12.2. The third kappa shape index (κ3) is 3.67. The Labute approximate surface area is 142 Å². The first-order valence-corrected chi connectivity index (χ1v) is 8.90. The number of carbonyl (C=O) groups is 1. The van der Waals surface area contributed by atoms with Gasteiger partial charge in [0.1, 0.15) is 5.37 Å². The minimum absolute atomic E-state index is 0.127. The molecule has 3 heteroatoms. The van der Waals surface area contributed by atoms with Gasteiger partial charge in [0.2, 0.25) is 5.91 Å². The molecule has 0 spiro atoms. The fourth-order valence-electron chi connectivity index (χ4n) is 2.71. The summed E-state index contributed by atoms with van der Waals surface area (Å²) >= 11 is 1.71. The molecule has 2 nitrogen and oxygen atoms in total. The van der Waals surface area contributed by atoms with Crippen molar-refractivity contribution in [1.29, 1.82) is 0 Å². The number of rotatable bonds is 4. The van der Waals surface area contributed by atoms with Crippen LogP contribution in [0.2, 0.25) is 0 Å². The Morgan fingerprint density at radius 1 is 1.13 bits per heavy atom. The Kier molecular flexibility index (Phi) is 4.87. The van der Waals surface area contributed by atoms with Crippen molar-refractivity contribution in [3.63, 3.8) is 0 Å². The molecule has 3 rings (SSSR count). The van der Waals surface area contributed by atoms with E-state index in [0.29, 0.717) is 12.3 Å². The number of carbonyl (C=O) groups excluding carboxylic acids is 1. The molecule has 2 aromatic rings. The van der Waals surface area contributed by atoms with Crippen molar-refractivity contribution in [1.82, 2.24) is 4.90 Å². The lowest BCUT2D eigenvalue weighted by molar-refractivity contribution is -0.127. The third-order valence-corrected chi connectivity index (χ3v) is 5.45. The van der Waals surface area contributed by atoms with Crippen LogP contribution >= 0.6 is 11.8 Å². The van der Waals surface area contributed by atoms with Crippen molar-refractivity contribution in [3.8, 4) is 0 Å². The highest BCUT2D eigenvalue weighted by molar-refractivity contribution is 8.00. The number of benzene rings is 2. The van der Waals surface area contributed by atoms with E-state index >= 15 is 0 Å². The summed E-state index contributed by atoms with van der Waals surface area (Å²) in [4.78, 5) is 14.2. The van der Waals surface area contributed by atoms with Crippen LogP contribution in [0.15, 0.2) is 54.6 Å². The first kappa shape index (κ1) is 15.9. The molecule has 1 aliphatic heterocycles. The fourth-order valence-corrected chi connectivity index (χ4v) is 3.90. The molecule has 1 amide bonds. The van der Waals surface area contributed by atoms with Gasteiger partial charge in [0, 0.05) is 6.54 Å². The zero-order valence-electron chi connectivity index (χ0n) is 13.5. The Morgan fingerprint density at radius 2 is 1.91 bits per heavy atom. The molecular formula is C20H21NOS. The van der Waals surface area contributed by atoms with Gasteiger partial charge in [-0.25, -0.2) is 0 Å². The van der Waals surface area contributed by atoms with Gasteiger partial charge >= 0.3 is 0 Å². The van der Waals surface area contributed by atoms with Crippen LogP contribution in [0.4, 0.5) is 0 Å². The lowest BCUT2D eigenvalue weighted by atomic mass is 10.1. The average molecular weight is 323 g/mol. The van der Waals surface area contributed by atoms with Gasteiger partial charge in [-0.2, -0.15) is 0 Å². The van der Waals surface area contributed by atoms with E-state index in [1.807, 2.05) is 23.1 Å². The summed E-state index contributed by atoms with van der Waals surface area (Å²) in [5.74, 6) is 0.785. The first-order valence-electron chi connectivity index (χ1n) is 7.85. The van der Waals surface area contributed by atoms with Crippen molar-refractivity contribution in [2.24, 2.45) is 0 Å². The number of aryl methyl sites for hydroxylation is 2. The smallest absolute Gasteiger partial charge is 0.234 e. The molecule has 0 aliphatic carbocycles. The summed E-state index contributed by atoms with van der Waals surface area (Å²) in [6.45, 7) is 4.89. The average Bonchev–Trinajstić information content (AvgIpc) is 2.92. The lowest BCUT2D eigenvalue weighted by Gasteiger charge is -2.23. The van der Waals surface area contributed by atoms with Crippen LogP contribution in [0.1, 0.15) is 27.6 Å². The summed E-state index contributed by atoms with van der Waals surface area (Å²) in [6.07, 6.45) is 4.15. The van der Waals surface area contributed by atoms with Crippen molar-refractivity contribution in [2.45, 2.75) is 19.2 Å². The SMILES string of the molecule is Cc1ccc(C2SCC(=O)N2C/C=C/c2ccccc2)cc1C. The zero-order valence-corrected chi connectivity index (χ0v) is 14.3. The topological polar surface area (TPSA) is 20.3 Å². The monoisotopic (exact) mass is 323 g/mol. The quantitative estimate of drug-likeness (QED) is 0.820. The van der Waals surface area contributed by atoms with Crippen LogP contribution in [-0.2, 0) is 4.79 Å². The molecule has 1 atom stereocenters. The van der Waals surface area contributed by atoms with Gasteiger partial charge in [-0.15, -0.1) is 11.8 Å². The maximum Gasteiger partial charge on any atom is 0.234 e. The van der Waals surface area contributed by atoms with E-state index in [1.54, 1.807) is 11.8 Å². The van der Waals surface area contributed by atoms with E-state index in [-0.39, 0.29) is 11.3 Å². The maximum absolute atomic E-state index is 12.2. The molecule has 2 aromatic carbocycles. The van der Waals surface area contributed by atoms with E-state index in [1.165, 1.54) is 16.7 Å². The van der Waals surface area contributed by atoms with Crippen molar-refractivity contribution in [3.05, 3.63) is 76.9 Å². The molecule has 118 valence electrons. The van der Waals surface area contributed by atoms with E-state index < -0.39 is 0 Å². The predicted molar refractivity (Wildman–Crippen MR) is 98.3 cm³/mol. The Morgan fingerprint density at radius 3 is 2.65 bits per heavy atom. The largest absolute Gasteiger partial charge is 0.322 e. The molecule has 23 heavy (non-hydrogen) atoms. The highest BCUT2D eigenvalue weighted by atomic mass is 32.2. The molecule has 0 saturated carbocycles. The van der Waals surface area contributed by atoms with E-state index in [9.17, 15) is 4.79 Å². The van der Waals surface area contributed by atoms with Gasteiger partial charge < -0.3 is 4.90 Å². The van der Waals surface area contributed by atoms with Gasteiger partial charge in [0.15, 0.2) is 0 Å². The molecule has 1 fully saturated rings. The number of nitrogens with zero attached hydrogens (tertiary/aromatic N) is 1. The Bertz CT molecular complexity index is 724. The molecular weight excluding hydrogens is 302 g/mol. The van der Waals surface area contributed by atoms with Crippen molar-refractivity contribution >= 4 is 23.7 Å². The number of hydrogen-bond acceptors (Lipinski definition) is 2. The van der Waals surface area contributed by atoms with E-state index in [2.05, 4.69) is 56.3 Å². The number of thioether (sulfide) groups is 1. The molecule has 1 heterocycles. The lowest BCUT2D eigenvalue weighted by Crippen LogP contribution is -2.28. The minimum Gasteiger partial charge on any atom is -0.322 e. The Balaban J connectivity index is 1.74. The Hall–Kier alpha value is -2.00. The second-order valence-electron chi connectivity index (χ2n) is 5.87. The normalized spacial score (nSPS) is 18.1. The minimum atomic E-state index is 0.127.